The quantitative estimate of drug-likeness (QED) is 0.459. The number of hydrogen-bond acceptors (Lipinski definition) is 6. The van der Waals surface area contributed by atoms with Crippen molar-refractivity contribution in [1.82, 2.24) is 14.9 Å². The molecule has 0 aliphatic carbocycles. The monoisotopic (exact) mass is 414 g/mol. The number of carbonyl (C=O) groups is 1. The third-order valence-corrected chi connectivity index (χ3v) is 4.67. The van der Waals surface area contributed by atoms with E-state index in [9.17, 15) is 4.79 Å². The standard InChI is InChI=1S/C24H22N4O3/c1-28(15-20-13-18-6-2-3-8-21(18)31-20)23(29)10-9-17-12-22(24(25)27-14-17)30-16-19-7-4-5-11-26-19/h2-14H,15-16H2,1H3,(H2,25,27)/b10-9+. The molecule has 3 heterocycles. The smallest absolute Gasteiger partial charge is 0.246 e. The van der Waals surface area contributed by atoms with Gasteiger partial charge in [0.15, 0.2) is 11.6 Å². The number of nitrogens with zero attached hydrogens (tertiary/aromatic N) is 3. The minimum atomic E-state index is -0.159. The number of rotatable bonds is 7. The Morgan fingerprint density at radius 3 is 2.81 bits per heavy atom. The molecule has 0 saturated carbocycles. The fraction of sp³-hybridized carbons (Fsp3) is 0.125. The van der Waals surface area contributed by atoms with E-state index in [0.717, 1.165) is 22.4 Å². The molecule has 3 aromatic heterocycles. The second-order valence-electron chi connectivity index (χ2n) is 7.04. The van der Waals surface area contributed by atoms with Crippen LogP contribution in [0.3, 0.4) is 0 Å². The molecule has 0 fully saturated rings. The van der Waals surface area contributed by atoms with Crippen molar-refractivity contribution in [3.8, 4) is 5.75 Å². The first-order chi connectivity index (χ1) is 15.1. The number of hydrogen-bond donors (Lipinski definition) is 1. The summed E-state index contributed by atoms with van der Waals surface area (Å²) in [5, 5.41) is 1.01. The SMILES string of the molecule is CN(Cc1cc2ccccc2o1)C(=O)/C=C/c1cnc(N)c(OCc2ccccn2)c1. The molecular weight excluding hydrogens is 392 g/mol. The zero-order chi connectivity index (χ0) is 21.6. The fourth-order valence-corrected chi connectivity index (χ4v) is 3.03. The van der Waals surface area contributed by atoms with Gasteiger partial charge in [-0.25, -0.2) is 4.98 Å². The Hall–Kier alpha value is -4.13. The maximum Gasteiger partial charge on any atom is 0.246 e. The number of benzene rings is 1. The summed E-state index contributed by atoms with van der Waals surface area (Å²) < 4.78 is 11.5. The highest BCUT2D eigenvalue weighted by atomic mass is 16.5. The van der Waals surface area contributed by atoms with E-state index in [-0.39, 0.29) is 18.3 Å². The van der Waals surface area contributed by atoms with Crippen LogP contribution >= 0.6 is 0 Å². The number of pyridine rings is 2. The summed E-state index contributed by atoms with van der Waals surface area (Å²) in [6, 6.07) is 17.0. The molecule has 0 radical (unpaired) electrons. The Morgan fingerprint density at radius 2 is 2.00 bits per heavy atom. The fourth-order valence-electron chi connectivity index (χ4n) is 3.03. The van der Waals surface area contributed by atoms with E-state index in [1.54, 1.807) is 36.5 Å². The molecule has 31 heavy (non-hydrogen) atoms. The van der Waals surface area contributed by atoms with Crippen LogP contribution in [0.5, 0.6) is 5.75 Å². The molecular formula is C24H22N4O3. The Bertz CT molecular complexity index is 1180. The number of carbonyl (C=O) groups excluding carboxylic acids is 1. The van der Waals surface area contributed by atoms with E-state index in [0.29, 0.717) is 17.9 Å². The number of fused-ring (bicyclic) bond motifs is 1. The third kappa shape index (κ3) is 5.08. The average Bonchev–Trinajstić information content (AvgIpc) is 3.20. The van der Waals surface area contributed by atoms with Crippen LogP contribution < -0.4 is 10.5 Å². The van der Waals surface area contributed by atoms with Gasteiger partial charge in [0.25, 0.3) is 0 Å². The van der Waals surface area contributed by atoms with Crippen LogP contribution in [0.2, 0.25) is 0 Å². The van der Waals surface area contributed by atoms with E-state index in [1.165, 1.54) is 6.08 Å². The number of nitrogen functional groups attached to an aromatic ring is 1. The van der Waals surface area contributed by atoms with Crippen LogP contribution in [0, 0.1) is 0 Å². The van der Waals surface area contributed by atoms with E-state index >= 15 is 0 Å². The van der Waals surface area contributed by atoms with Gasteiger partial charge in [0.1, 0.15) is 18.0 Å². The van der Waals surface area contributed by atoms with Crippen molar-refractivity contribution in [3.05, 3.63) is 90.1 Å². The summed E-state index contributed by atoms with van der Waals surface area (Å²) in [5.41, 5.74) is 8.20. The van der Waals surface area contributed by atoms with Gasteiger partial charge in [-0.3, -0.25) is 9.78 Å². The lowest BCUT2D eigenvalue weighted by Gasteiger charge is -2.13. The van der Waals surface area contributed by atoms with Gasteiger partial charge in [0, 0.05) is 30.9 Å². The van der Waals surface area contributed by atoms with Crippen molar-refractivity contribution < 1.29 is 13.9 Å². The van der Waals surface area contributed by atoms with E-state index < -0.39 is 0 Å². The molecule has 0 saturated heterocycles. The van der Waals surface area contributed by atoms with Crippen molar-refractivity contribution in [2.24, 2.45) is 0 Å². The lowest BCUT2D eigenvalue weighted by Crippen LogP contribution is -2.23. The zero-order valence-corrected chi connectivity index (χ0v) is 17.1. The molecule has 1 amide bonds. The first kappa shape index (κ1) is 20.2. The predicted octanol–water partition coefficient (Wildman–Crippen LogP) is 4.06. The highest BCUT2D eigenvalue weighted by molar-refractivity contribution is 5.91. The van der Waals surface area contributed by atoms with Gasteiger partial charge in [0.05, 0.1) is 12.2 Å². The maximum atomic E-state index is 12.5. The molecule has 0 spiro atoms. The van der Waals surface area contributed by atoms with Crippen molar-refractivity contribution in [3.63, 3.8) is 0 Å². The van der Waals surface area contributed by atoms with E-state index in [4.69, 9.17) is 14.9 Å². The number of nitrogens with two attached hydrogens (primary N) is 1. The average molecular weight is 414 g/mol. The lowest BCUT2D eigenvalue weighted by molar-refractivity contribution is -0.125. The molecule has 7 nitrogen and oxygen atoms in total. The summed E-state index contributed by atoms with van der Waals surface area (Å²) in [6.45, 7) is 0.648. The predicted molar refractivity (Wildman–Crippen MR) is 119 cm³/mol. The number of amides is 1. The molecule has 4 aromatic rings. The van der Waals surface area contributed by atoms with Gasteiger partial charge < -0.3 is 19.8 Å². The maximum absolute atomic E-state index is 12.5. The summed E-state index contributed by atoms with van der Waals surface area (Å²) in [5.74, 6) is 1.29. The Kier molecular flexibility index (Phi) is 5.93. The van der Waals surface area contributed by atoms with Crippen molar-refractivity contribution in [2.45, 2.75) is 13.2 Å². The van der Waals surface area contributed by atoms with Crippen molar-refractivity contribution in [2.75, 3.05) is 12.8 Å². The summed E-state index contributed by atoms with van der Waals surface area (Å²) in [7, 11) is 1.72. The highest BCUT2D eigenvalue weighted by Crippen LogP contribution is 2.22. The summed E-state index contributed by atoms with van der Waals surface area (Å²) in [6.07, 6.45) is 6.45. The van der Waals surface area contributed by atoms with Crippen LogP contribution in [0.15, 0.2) is 77.5 Å². The van der Waals surface area contributed by atoms with Crippen molar-refractivity contribution >= 4 is 28.8 Å². The molecule has 4 rings (SSSR count). The van der Waals surface area contributed by atoms with Gasteiger partial charge in [-0.2, -0.15) is 0 Å². The Labute approximate surface area is 179 Å². The van der Waals surface area contributed by atoms with Crippen LogP contribution in [0.4, 0.5) is 5.82 Å². The molecule has 0 bridgehead atoms. The van der Waals surface area contributed by atoms with E-state index in [1.807, 2.05) is 48.5 Å². The molecule has 0 unspecified atom stereocenters. The first-order valence-corrected chi connectivity index (χ1v) is 9.77. The minimum absolute atomic E-state index is 0.159. The number of para-hydroxylation sites is 1. The number of aromatic nitrogens is 2. The highest BCUT2D eigenvalue weighted by Gasteiger charge is 2.10. The number of anilines is 1. The van der Waals surface area contributed by atoms with E-state index in [2.05, 4.69) is 9.97 Å². The summed E-state index contributed by atoms with van der Waals surface area (Å²) >= 11 is 0. The molecule has 156 valence electrons. The van der Waals surface area contributed by atoms with Crippen LogP contribution in [-0.4, -0.2) is 27.8 Å². The van der Waals surface area contributed by atoms with Gasteiger partial charge in [-0.1, -0.05) is 24.3 Å². The van der Waals surface area contributed by atoms with Crippen molar-refractivity contribution in [1.29, 1.82) is 0 Å². The molecule has 0 aliphatic heterocycles. The number of likely N-dealkylation sites (N-methyl/N-ethyl adjacent to an activating group) is 1. The molecule has 0 aliphatic rings. The lowest BCUT2D eigenvalue weighted by atomic mass is 10.2. The van der Waals surface area contributed by atoms with Gasteiger partial charge in [-0.05, 0) is 42.0 Å². The first-order valence-electron chi connectivity index (χ1n) is 9.77. The molecule has 1 aromatic carbocycles. The largest absolute Gasteiger partial charge is 0.483 e. The third-order valence-electron chi connectivity index (χ3n) is 4.67. The van der Waals surface area contributed by atoms with Gasteiger partial charge in [-0.15, -0.1) is 0 Å². The Balaban J connectivity index is 1.39. The normalized spacial score (nSPS) is 11.1. The van der Waals surface area contributed by atoms with Gasteiger partial charge >= 0.3 is 0 Å². The molecule has 2 N–H and O–H groups in total. The molecule has 7 heteroatoms. The number of ether oxygens (including phenoxy) is 1. The molecule has 0 atom stereocenters. The second kappa shape index (κ2) is 9.13. The van der Waals surface area contributed by atoms with Crippen LogP contribution in [0.1, 0.15) is 17.0 Å². The topological polar surface area (TPSA) is 94.5 Å². The summed E-state index contributed by atoms with van der Waals surface area (Å²) in [4.78, 5) is 22.5. The minimum Gasteiger partial charge on any atom is -0.483 e. The van der Waals surface area contributed by atoms with Crippen LogP contribution in [0.25, 0.3) is 17.0 Å². The Morgan fingerprint density at radius 1 is 1.16 bits per heavy atom. The number of furan rings is 1. The second-order valence-corrected chi connectivity index (χ2v) is 7.04. The zero-order valence-electron chi connectivity index (χ0n) is 17.1. The van der Waals surface area contributed by atoms with Gasteiger partial charge in [0.2, 0.25) is 5.91 Å². The van der Waals surface area contributed by atoms with Crippen LogP contribution in [-0.2, 0) is 17.9 Å².